The van der Waals surface area contributed by atoms with Crippen molar-refractivity contribution in [1.29, 1.82) is 0 Å². The molecule has 2 aromatic rings. The molecule has 0 bridgehead atoms. The van der Waals surface area contributed by atoms with Crippen LogP contribution in [-0.2, 0) is 12.0 Å². The summed E-state index contributed by atoms with van der Waals surface area (Å²) in [6, 6.07) is 15.9. The topological polar surface area (TPSA) is 29.5 Å². The standard InChI is InChI=1S/C17H18O2/c1-2-17(18,14-6-4-3-5-7-14)15-8-9-16-13(12-15)10-11-19-16/h3-9,12,18H,2,10-11H2,1H3. The third-order valence-electron chi connectivity index (χ3n) is 3.93. The molecule has 0 fully saturated rings. The van der Waals surface area contributed by atoms with Gasteiger partial charge in [-0.3, -0.25) is 0 Å². The number of fused-ring (bicyclic) bond motifs is 1. The van der Waals surface area contributed by atoms with Crippen LogP contribution in [0.2, 0.25) is 0 Å². The molecule has 2 nitrogen and oxygen atoms in total. The van der Waals surface area contributed by atoms with Crippen molar-refractivity contribution in [3.63, 3.8) is 0 Å². The number of aliphatic hydroxyl groups is 1. The van der Waals surface area contributed by atoms with Crippen molar-refractivity contribution in [2.75, 3.05) is 6.61 Å². The summed E-state index contributed by atoms with van der Waals surface area (Å²) in [6.45, 7) is 2.76. The molecule has 0 saturated carbocycles. The fourth-order valence-electron chi connectivity index (χ4n) is 2.73. The Balaban J connectivity index is 2.07. The molecule has 1 aliphatic rings. The summed E-state index contributed by atoms with van der Waals surface area (Å²) in [4.78, 5) is 0. The van der Waals surface area contributed by atoms with E-state index in [1.807, 2.05) is 49.4 Å². The molecule has 19 heavy (non-hydrogen) atoms. The highest BCUT2D eigenvalue weighted by molar-refractivity contribution is 5.45. The van der Waals surface area contributed by atoms with Gasteiger partial charge in [0.1, 0.15) is 11.4 Å². The van der Waals surface area contributed by atoms with E-state index in [1.54, 1.807) is 0 Å². The van der Waals surface area contributed by atoms with Gasteiger partial charge in [-0.2, -0.15) is 0 Å². The molecule has 3 rings (SSSR count). The maximum atomic E-state index is 11.1. The average molecular weight is 254 g/mol. The molecule has 2 heteroatoms. The molecule has 1 aliphatic heterocycles. The Kier molecular flexibility index (Phi) is 3.03. The minimum absolute atomic E-state index is 0.649. The molecule has 1 N–H and O–H groups in total. The third-order valence-corrected chi connectivity index (χ3v) is 3.93. The lowest BCUT2D eigenvalue weighted by molar-refractivity contribution is 0.0764. The Labute approximate surface area is 113 Å². The van der Waals surface area contributed by atoms with E-state index in [2.05, 4.69) is 6.07 Å². The van der Waals surface area contributed by atoms with Crippen molar-refractivity contribution < 1.29 is 9.84 Å². The molecule has 98 valence electrons. The van der Waals surface area contributed by atoms with E-state index in [0.29, 0.717) is 6.42 Å². The van der Waals surface area contributed by atoms with Gasteiger partial charge in [-0.25, -0.2) is 0 Å². The number of ether oxygens (including phenoxy) is 1. The van der Waals surface area contributed by atoms with E-state index < -0.39 is 5.60 Å². The van der Waals surface area contributed by atoms with E-state index >= 15 is 0 Å². The molecule has 0 aliphatic carbocycles. The van der Waals surface area contributed by atoms with Gasteiger partial charge in [0, 0.05) is 6.42 Å². The van der Waals surface area contributed by atoms with Gasteiger partial charge >= 0.3 is 0 Å². The lowest BCUT2D eigenvalue weighted by Gasteiger charge is -2.28. The highest BCUT2D eigenvalue weighted by Crippen LogP contribution is 2.36. The van der Waals surface area contributed by atoms with Crippen molar-refractivity contribution in [2.24, 2.45) is 0 Å². The van der Waals surface area contributed by atoms with Gasteiger partial charge in [-0.1, -0.05) is 43.3 Å². The zero-order chi connectivity index (χ0) is 13.3. The normalized spacial score (nSPS) is 16.5. The van der Waals surface area contributed by atoms with Gasteiger partial charge in [0.15, 0.2) is 0 Å². The molecule has 0 radical (unpaired) electrons. The highest BCUT2D eigenvalue weighted by Gasteiger charge is 2.30. The van der Waals surface area contributed by atoms with E-state index in [1.165, 1.54) is 5.56 Å². The van der Waals surface area contributed by atoms with Gasteiger partial charge in [0.2, 0.25) is 0 Å². The van der Waals surface area contributed by atoms with Gasteiger partial charge < -0.3 is 9.84 Å². The van der Waals surface area contributed by atoms with Crippen LogP contribution in [0.4, 0.5) is 0 Å². The summed E-state index contributed by atoms with van der Waals surface area (Å²) < 4.78 is 5.52. The predicted molar refractivity (Wildman–Crippen MR) is 75.4 cm³/mol. The van der Waals surface area contributed by atoms with Gasteiger partial charge in [0.05, 0.1) is 6.61 Å². The quantitative estimate of drug-likeness (QED) is 0.911. The molecular weight excluding hydrogens is 236 g/mol. The molecule has 1 heterocycles. The second kappa shape index (κ2) is 4.71. The number of benzene rings is 2. The highest BCUT2D eigenvalue weighted by atomic mass is 16.5. The second-order valence-electron chi connectivity index (χ2n) is 5.00. The summed E-state index contributed by atoms with van der Waals surface area (Å²) in [5.41, 5.74) is 2.17. The molecule has 2 aromatic carbocycles. The van der Waals surface area contributed by atoms with Crippen LogP contribution in [0.3, 0.4) is 0 Å². The van der Waals surface area contributed by atoms with Crippen LogP contribution in [0.5, 0.6) is 5.75 Å². The number of rotatable bonds is 3. The molecule has 1 atom stereocenters. The minimum atomic E-state index is -0.918. The summed E-state index contributed by atoms with van der Waals surface area (Å²) in [5, 5.41) is 11.1. The van der Waals surface area contributed by atoms with E-state index in [0.717, 1.165) is 29.9 Å². The van der Waals surface area contributed by atoms with Gasteiger partial charge in [-0.05, 0) is 35.2 Å². The first-order chi connectivity index (χ1) is 9.24. The Hall–Kier alpha value is -1.80. The fourth-order valence-corrected chi connectivity index (χ4v) is 2.73. The molecule has 0 aromatic heterocycles. The van der Waals surface area contributed by atoms with Crippen molar-refractivity contribution >= 4 is 0 Å². The van der Waals surface area contributed by atoms with E-state index in [9.17, 15) is 5.11 Å². The molecule has 0 saturated heterocycles. The molecule has 1 unspecified atom stereocenters. The second-order valence-corrected chi connectivity index (χ2v) is 5.00. The van der Waals surface area contributed by atoms with Crippen LogP contribution in [0, 0.1) is 0 Å². The Morgan fingerprint density at radius 3 is 2.63 bits per heavy atom. The maximum absolute atomic E-state index is 11.1. The summed E-state index contributed by atoms with van der Waals surface area (Å²) in [6.07, 6.45) is 1.58. The summed E-state index contributed by atoms with van der Waals surface area (Å²) >= 11 is 0. The van der Waals surface area contributed by atoms with E-state index in [4.69, 9.17) is 4.74 Å². The first-order valence-electron chi connectivity index (χ1n) is 6.78. The summed E-state index contributed by atoms with van der Waals surface area (Å²) in [7, 11) is 0. The smallest absolute Gasteiger partial charge is 0.122 e. The zero-order valence-corrected chi connectivity index (χ0v) is 11.1. The predicted octanol–water partition coefficient (Wildman–Crippen LogP) is 3.27. The van der Waals surface area contributed by atoms with Crippen LogP contribution in [0.15, 0.2) is 48.5 Å². The lowest BCUT2D eigenvalue weighted by atomic mass is 9.83. The van der Waals surface area contributed by atoms with Crippen molar-refractivity contribution in [3.8, 4) is 5.75 Å². The maximum Gasteiger partial charge on any atom is 0.122 e. The van der Waals surface area contributed by atoms with Crippen molar-refractivity contribution in [3.05, 3.63) is 65.2 Å². The van der Waals surface area contributed by atoms with Gasteiger partial charge in [-0.15, -0.1) is 0 Å². The summed E-state index contributed by atoms with van der Waals surface area (Å²) in [5.74, 6) is 0.954. The molecule has 0 spiro atoms. The number of hydrogen-bond donors (Lipinski definition) is 1. The van der Waals surface area contributed by atoms with Crippen LogP contribution < -0.4 is 4.74 Å². The Bertz CT molecular complexity index is 577. The zero-order valence-electron chi connectivity index (χ0n) is 11.1. The first kappa shape index (κ1) is 12.2. The van der Waals surface area contributed by atoms with Crippen LogP contribution in [-0.4, -0.2) is 11.7 Å². The van der Waals surface area contributed by atoms with Crippen LogP contribution in [0.1, 0.15) is 30.0 Å². The average Bonchev–Trinajstić information content (AvgIpc) is 2.94. The number of hydrogen-bond acceptors (Lipinski definition) is 2. The van der Waals surface area contributed by atoms with Crippen molar-refractivity contribution in [1.82, 2.24) is 0 Å². The Morgan fingerprint density at radius 1 is 1.11 bits per heavy atom. The van der Waals surface area contributed by atoms with Crippen molar-refractivity contribution in [2.45, 2.75) is 25.4 Å². The first-order valence-corrected chi connectivity index (χ1v) is 6.78. The van der Waals surface area contributed by atoms with Crippen LogP contribution in [0.25, 0.3) is 0 Å². The largest absolute Gasteiger partial charge is 0.493 e. The van der Waals surface area contributed by atoms with E-state index in [-0.39, 0.29) is 0 Å². The molecular formula is C17H18O2. The fraction of sp³-hybridized carbons (Fsp3) is 0.294. The van der Waals surface area contributed by atoms with Gasteiger partial charge in [0.25, 0.3) is 0 Å². The SMILES string of the molecule is CCC(O)(c1ccccc1)c1ccc2c(c1)CCO2. The molecule has 0 amide bonds. The minimum Gasteiger partial charge on any atom is -0.493 e. The third kappa shape index (κ3) is 2.02. The monoisotopic (exact) mass is 254 g/mol. The lowest BCUT2D eigenvalue weighted by Crippen LogP contribution is -2.26. The Morgan fingerprint density at radius 2 is 1.89 bits per heavy atom. The van der Waals surface area contributed by atoms with Crippen LogP contribution >= 0.6 is 0 Å².